The summed E-state index contributed by atoms with van der Waals surface area (Å²) in [5.74, 6) is -0.507. The Balaban J connectivity index is 0.000000857. The van der Waals surface area contributed by atoms with Gasteiger partial charge in [0, 0.05) is 56.7 Å². The number of pyridine rings is 1. The summed E-state index contributed by atoms with van der Waals surface area (Å²) in [6.45, 7) is 2.56. The van der Waals surface area contributed by atoms with E-state index in [9.17, 15) is 27.6 Å². The molecule has 0 bridgehead atoms. The highest BCUT2D eigenvalue weighted by atomic mass is 32.2. The van der Waals surface area contributed by atoms with Gasteiger partial charge in [0.25, 0.3) is 16.0 Å². The number of carbonyl (C=O) groups is 4. The van der Waals surface area contributed by atoms with Crippen molar-refractivity contribution in [3.63, 3.8) is 0 Å². The Morgan fingerprint density at radius 1 is 1.10 bits per heavy atom. The van der Waals surface area contributed by atoms with Crippen molar-refractivity contribution in [1.82, 2.24) is 14.5 Å². The second-order valence-electron chi connectivity index (χ2n) is 10.1. The zero-order chi connectivity index (χ0) is 37.3. The molecule has 4 rings (SSSR count). The topological polar surface area (TPSA) is 246 Å². The molecule has 0 radical (unpaired) electrons. The number of nitrogens with two attached hydrogens (primary N) is 1. The lowest BCUT2D eigenvalue weighted by Crippen LogP contribution is -2.32. The number of nitrogens with zero attached hydrogens (tertiary/aromatic N) is 5. The summed E-state index contributed by atoms with van der Waals surface area (Å²) in [6.07, 6.45) is 2.16. The number of carboxylic acids is 1. The Labute approximate surface area is 288 Å². The number of anilines is 2. The fourth-order valence-corrected chi connectivity index (χ4v) is 3.97. The molecular weight excluding hydrogens is 674 g/mol. The molecule has 0 saturated carbocycles. The van der Waals surface area contributed by atoms with Crippen LogP contribution in [0.25, 0.3) is 11.0 Å². The second-order valence-corrected chi connectivity index (χ2v) is 11.5. The van der Waals surface area contributed by atoms with Crippen molar-refractivity contribution in [3.8, 4) is 0 Å². The van der Waals surface area contributed by atoms with Gasteiger partial charge >= 0.3 is 12.1 Å². The smallest absolute Gasteiger partial charge is 0.436 e. The summed E-state index contributed by atoms with van der Waals surface area (Å²) in [7, 11) is -0.109. The Morgan fingerprint density at radius 2 is 1.74 bits per heavy atom. The Morgan fingerprint density at radius 3 is 2.30 bits per heavy atom. The first-order chi connectivity index (χ1) is 23.7. The van der Waals surface area contributed by atoms with Crippen LogP contribution in [0.2, 0.25) is 0 Å². The van der Waals surface area contributed by atoms with E-state index in [1.54, 1.807) is 67.9 Å². The molecule has 2 aromatic carbocycles. The number of methoxy groups -OCH3 is 1. The molecule has 0 aliphatic carbocycles. The standard InChI is InChI=1S/C28H27N7O6.C3H8O.CH4O3S/c1-34-22-11-8-19(27(39)35(13-4-14-36)23-5-2-3-12-30-23)15-21(22)32-24(34)16-31-20-9-6-18(7-10-20)26(29)33-28(40)41-17-25(37)38;1-3-4-2;1-5(2,3)4/h2-3,5-12,14-15,31H,4,13,16-17H2,1H3,(H,37,38)(H2,29,33,40);3H2,1-2H3;1H3,(H,2,3,4). The van der Waals surface area contributed by atoms with Gasteiger partial charge < -0.3 is 35.0 Å². The highest BCUT2D eigenvalue weighted by Crippen LogP contribution is 2.21. The predicted molar refractivity (Wildman–Crippen MR) is 186 cm³/mol. The highest BCUT2D eigenvalue weighted by molar-refractivity contribution is 7.85. The summed E-state index contributed by atoms with van der Waals surface area (Å²) in [5.41, 5.74) is 8.92. The number of aliphatic carboxylic acids is 1. The molecule has 4 aromatic rings. The number of hydrogen-bond donors (Lipinski definition) is 4. The van der Waals surface area contributed by atoms with Gasteiger partial charge in [0.1, 0.15) is 23.8 Å². The maximum absolute atomic E-state index is 13.3. The first-order valence-electron chi connectivity index (χ1n) is 14.8. The Hall–Kier alpha value is -5.72. The maximum Gasteiger partial charge on any atom is 0.436 e. The van der Waals surface area contributed by atoms with Crippen LogP contribution >= 0.6 is 0 Å². The van der Waals surface area contributed by atoms with Gasteiger partial charge in [-0.25, -0.2) is 19.6 Å². The lowest BCUT2D eigenvalue weighted by molar-refractivity contribution is -0.140. The van der Waals surface area contributed by atoms with Gasteiger partial charge in [0.15, 0.2) is 6.61 Å². The minimum absolute atomic E-state index is 0.111. The average Bonchev–Trinajstić information content (AvgIpc) is 3.40. The summed E-state index contributed by atoms with van der Waals surface area (Å²) >= 11 is 0. The molecule has 0 atom stereocenters. The molecular formula is C32H39N7O10S. The molecule has 17 nitrogen and oxygen atoms in total. The third-order valence-corrected chi connectivity index (χ3v) is 6.31. The van der Waals surface area contributed by atoms with E-state index in [-0.39, 0.29) is 24.7 Å². The Kier molecular flexibility index (Phi) is 16.1. The molecule has 2 heterocycles. The van der Waals surface area contributed by atoms with E-state index in [0.29, 0.717) is 35.3 Å². The number of aryl methyl sites for hydroxylation is 1. The van der Waals surface area contributed by atoms with E-state index in [4.69, 9.17) is 20.4 Å². The van der Waals surface area contributed by atoms with E-state index in [1.165, 1.54) is 4.90 Å². The summed E-state index contributed by atoms with van der Waals surface area (Å²) < 4.78 is 36.8. The first-order valence-corrected chi connectivity index (χ1v) is 16.6. The quantitative estimate of drug-likeness (QED) is 0.0714. The fourth-order valence-electron chi connectivity index (χ4n) is 3.97. The third-order valence-electron chi connectivity index (χ3n) is 6.31. The van der Waals surface area contributed by atoms with Gasteiger partial charge in [-0.2, -0.15) is 13.4 Å². The van der Waals surface area contributed by atoms with Crippen LogP contribution in [-0.2, 0) is 42.8 Å². The average molecular weight is 714 g/mol. The van der Waals surface area contributed by atoms with Gasteiger partial charge in [0.2, 0.25) is 0 Å². The zero-order valence-corrected chi connectivity index (χ0v) is 28.7. The number of benzene rings is 2. The summed E-state index contributed by atoms with van der Waals surface area (Å²) in [5, 5.41) is 11.8. The number of ether oxygens (including phenoxy) is 2. The molecule has 2 amide bonds. The molecule has 5 N–H and O–H groups in total. The molecule has 268 valence electrons. The maximum atomic E-state index is 13.3. The fraction of sp³-hybridized carbons (Fsp3) is 0.281. The first kappa shape index (κ1) is 40.5. The van der Waals surface area contributed by atoms with Crippen molar-refractivity contribution in [2.24, 2.45) is 17.8 Å². The number of amidine groups is 1. The van der Waals surface area contributed by atoms with Crippen LogP contribution in [0.4, 0.5) is 16.3 Å². The van der Waals surface area contributed by atoms with Gasteiger partial charge in [-0.3, -0.25) is 14.2 Å². The number of imidazole rings is 1. The minimum Gasteiger partial charge on any atom is -0.479 e. The van der Waals surface area contributed by atoms with E-state index >= 15 is 0 Å². The molecule has 0 spiro atoms. The van der Waals surface area contributed by atoms with E-state index < -0.39 is 28.8 Å². The Bertz CT molecular complexity index is 1870. The molecule has 18 heteroatoms. The van der Waals surface area contributed by atoms with Gasteiger partial charge in [0.05, 0.1) is 23.8 Å². The van der Waals surface area contributed by atoms with E-state index in [1.807, 2.05) is 24.6 Å². The van der Waals surface area contributed by atoms with Crippen LogP contribution in [0, 0.1) is 0 Å². The lowest BCUT2D eigenvalue weighted by atomic mass is 10.1. The van der Waals surface area contributed by atoms with Crippen molar-refractivity contribution in [1.29, 1.82) is 0 Å². The number of aromatic nitrogens is 3. The van der Waals surface area contributed by atoms with Gasteiger partial charge in [-0.1, -0.05) is 6.07 Å². The van der Waals surface area contributed by atoms with Crippen LogP contribution in [0.1, 0.15) is 35.1 Å². The summed E-state index contributed by atoms with van der Waals surface area (Å²) in [6, 6.07) is 17.3. The number of aldehydes is 1. The second kappa shape index (κ2) is 19.9. The number of fused-ring (bicyclic) bond motifs is 1. The number of hydrogen-bond acceptors (Lipinski definition) is 11. The predicted octanol–water partition coefficient (Wildman–Crippen LogP) is 2.90. The van der Waals surface area contributed by atoms with E-state index in [2.05, 4.69) is 24.8 Å². The number of nitrogens with one attached hydrogen (secondary N) is 1. The lowest BCUT2D eigenvalue weighted by Gasteiger charge is -2.20. The molecule has 0 fully saturated rings. The zero-order valence-electron chi connectivity index (χ0n) is 27.8. The van der Waals surface area contributed by atoms with Crippen LogP contribution < -0.4 is 16.0 Å². The van der Waals surface area contributed by atoms with Crippen molar-refractivity contribution < 1.29 is 46.7 Å². The molecule has 0 saturated heterocycles. The summed E-state index contributed by atoms with van der Waals surface area (Å²) in [4.78, 5) is 60.3. The van der Waals surface area contributed by atoms with Crippen molar-refractivity contribution in [3.05, 3.63) is 83.8 Å². The van der Waals surface area contributed by atoms with E-state index in [0.717, 1.165) is 29.9 Å². The third kappa shape index (κ3) is 13.8. The number of rotatable bonds is 12. The van der Waals surface area contributed by atoms with Crippen molar-refractivity contribution in [2.75, 3.05) is 43.3 Å². The van der Waals surface area contributed by atoms with Crippen LogP contribution in [-0.4, -0.2) is 95.8 Å². The largest absolute Gasteiger partial charge is 0.479 e. The highest BCUT2D eigenvalue weighted by Gasteiger charge is 2.20. The molecule has 0 aliphatic heterocycles. The molecule has 0 aliphatic rings. The minimum atomic E-state index is -3.67. The van der Waals surface area contributed by atoms with Gasteiger partial charge in [-0.15, -0.1) is 0 Å². The SMILES string of the molecule is CCOC.CS(=O)(=O)O.Cn1c(CNc2ccc(/C(N)=N\C(=O)OCC(=O)O)cc2)nc2cc(C(=O)N(CCC=O)c3ccccn3)ccc21. The van der Waals surface area contributed by atoms with Crippen LogP contribution in [0.3, 0.4) is 0 Å². The number of carbonyl (C=O) groups excluding carboxylic acids is 3. The number of amides is 2. The molecule has 2 aromatic heterocycles. The normalized spacial score (nSPS) is 10.9. The van der Waals surface area contributed by atoms with Crippen molar-refractivity contribution >= 4 is 62.7 Å². The van der Waals surface area contributed by atoms with Crippen molar-refractivity contribution in [2.45, 2.75) is 19.9 Å². The monoisotopic (exact) mass is 713 g/mol. The van der Waals surface area contributed by atoms with Crippen LogP contribution in [0.5, 0.6) is 0 Å². The number of carboxylic acid groups (broad SMARTS) is 1. The van der Waals surface area contributed by atoms with Crippen LogP contribution in [0.15, 0.2) is 71.9 Å². The number of aliphatic imine (C=N–C) groups is 1. The van der Waals surface area contributed by atoms with Gasteiger partial charge in [-0.05, 0) is 61.5 Å². The molecule has 50 heavy (non-hydrogen) atoms. The molecule has 0 unspecified atom stereocenters.